The van der Waals surface area contributed by atoms with Crippen molar-refractivity contribution < 1.29 is 18.0 Å². The second-order valence-corrected chi connectivity index (χ2v) is 11.2. The molecule has 220 valence electrons. The van der Waals surface area contributed by atoms with Crippen LogP contribution in [0.2, 0.25) is 0 Å². The van der Waals surface area contributed by atoms with Gasteiger partial charge in [0, 0.05) is 54.0 Å². The number of nitrogens with zero attached hydrogens (tertiary/aromatic N) is 7. The van der Waals surface area contributed by atoms with Crippen molar-refractivity contribution in [2.45, 2.75) is 49.7 Å². The molecule has 1 aliphatic heterocycles. The van der Waals surface area contributed by atoms with E-state index in [1.807, 2.05) is 54.6 Å². The van der Waals surface area contributed by atoms with Crippen molar-refractivity contribution in [2.24, 2.45) is 4.99 Å². The van der Waals surface area contributed by atoms with Gasteiger partial charge in [0.05, 0.1) is 23.0 Å². The Balaban J connectivity index is 1.12. The number of amides is 1. The van der Waals surface area contributed by atoms with Gasteiger partial charge in [-0.15, -0.1) is 5.10 Å². The highest BCUT2D eigenvalue weighted by Gasteiger charge is 2.47. The Labute approximate surface area is 249 Å². The van der Waals surface area contributed by atoms with Crippen LogP contribution in [0.3, 0.4) is 0 Å². The largest absolute Gasteiger partial charge is 0.403 e. The molecule has 2 saturated carbocycles. The molecule has 0 spiro atoms. The smallest absolute Gasteiger partial charge is 0.317 e. The van der Waals surface area contributed by atoms with E-state index < -0.39 is 24.0 Å². The summed E-state index contributed by atoms with van der Waals surface area (Å²) < 4.78 is 34.9. The third-order valence-corrected chi connectivity index (χ3v) is 7.97. The van der Waals surface area contributed by atoms with Crippen LogP contribution in [0.5, 0.6) is 0 Å². The number of aliphatic imine (C=N–C) groups is 1. The van der Waals surface area contributed by atoms with Crippen molar-refractivity contribution in [1.29, 1.82) is 0 Å². The highest BCUT2D eigenvalue weighted by Crippen LogP contribution is 2.46. The molecule has 4 heterocycles. The Morgan fingerprint density at radius 2 is 1.68 bits per heavy atom. The topological polar surface area (TPSA) is 136 Å². The molecule has 13 heteroatoms. The van der Waals surface area contributed by atoms with E-state index in [2.05, 4.69) is 35.9 Å². The van der Waals surface area contributed by atoms with Crippen LogP contribution in [0.15, 0.2) is 82.6 Å². The summed E-state index contributed by atoms with van der Waals surface area (Å²) in [6, 6.07) is 16.5. The molecule has 2 aliphatic carbocycles. The molecule has 8 rings (SSSR count). The van der Waals surface area contributed by atoms with Gasteiger partial charge in [-0.2, -0.15) is 5.10 Å². The second kappa shape index (κ2) is 10.1. The van der Waals surface area contributed by atoms with E-state index in [1.165, 1.54) is 4.68 Å². The maximum atomic E-state index is 13.7. The third-order valence-electron chi connectivity index (χ3n) is 7.97. The minimum atomic E-state index is -2.72. The molecule has 2 fully saturated rings. The molecule has 44 heavy (non-hydrogen) atoms. The lowest BCUT2D eigenvalue weighted by molar-refractivity contribution is -0.116. The number of rotatable bonds is 7. The number of nitrogens with one attached hydrogen (secondary N) is 2. The molecule has 0 bridgehead atoms. The van der Waals surface area contributed by atoms with E-state index in [-0.39, 0.29) is 24.7 Å². The summed E-state index contributed by atoms with van der Waals surface area (Å²) in [7, 11) is 0. The Kier molecular flexibility index (Phi) is 6.06. The molecule has 0 radical (unpaired) electrons. The zero-order valence-corrected chi connectivity index (χ0v) is 23.2. The Bertz CT molecular complexity index is 1890. The number of anilines is 2. The van der Waals surface area contributed by atoms with Crippen LogP contribution in [0.25, 0.3) is 22.7 Å². The SMILES string of the molecule is O=C1Nc2ccccc2C(c2ccccc2)=N[C@@H]1Nc1nnc(-c2cn(C3CC(F)(F)C3)nc2-c2cnc(C3CC3)nc2)o1. The number of hydrogen-bond donors (Lipinski definition) is 2. The number of fused-ring (bicyclic) bond motifs is 1. The molecule has 5 aromatic rings. The first kappa shape index (κ1) is 26.3. The molecule has 0 saturated heterocycles. The van der Waals surface area contributed by atoms with Gasteiger partial charge in [0.1, 0.15) is 11.5 Å². The maximum absolute atomic E-state index is 13.7. The molecule has 2 aromatic carbocycles. The first-order valence-corrected chi connectivity index (χ1v) is 14.3. The highest BCUT2D eigenvalue weighted by atomic mass is 19.3. The second-order valence-electron chi connectivity index (χ2n) is 11.2. The number of benzene rings is 2. The maximum Gasteiger partial charge on any atom is 0.317 e. The van der Waals surface area contributed by atoms with E-state index in [0.717, 1.165) is 29.8 Å². The summed E-state index contributed by atoms with van der Waals surface area (Å²) in [6.45, 7) is 0. The first-order chi connectivity index (χ1) is 21.4. The quantitative estimate of drug-likeness (QED) is 0.254. The van der Waals surface area contributed by atoms with Crippen molar-refractivity contribution in [3.8, 4) is 22.7 Å². The summed E-state index contributed by atoms with van der Waals surface area (Å²) >= 11 is 0. The van der Waals surface area contributed by atoms with Crippen molar-refractivity contribution in [1.82, 2.24) is 29.9 Å². The summed E-state index contributed by atoms with van der Waals surface area (Å²) in [5.74, 6) is -1.88. The van der Waals surface area contributed by atoms with Gasteiger partial charge in [0.15, 0.2) is 0 Å². The Morgan fingerprint density at radius 3 is 2.43 bits per heavy atom. The number of aromatic nitrogens is 6. The van der Waals surface area contributed by atoms with Crippen LogP contribution in [0.4, 0.5) is 20.5 Å². The minimum Gasteiger partial charge on any atom is -0.403 e. The fraction of sp³-hybridized carbons (Fsp3) is 0.258. The van der Waals surface area contributed by atoms with Crippen LogP contribution in [0, 0.1) is 0 Å². The number of carbonyl (C=O) groups excluding carboxylic acids is 1. The van der Waals surface area contributed by atoms with Crippen molar-refractivity contribution in [3.05, 3.63) is 90.1 Å². The van der Waals surface area contributed by atoms with E-state index in [0.29, 0.717) is 34.1 Å². The molecule has 2 N–H and O–H groups in total. The van der Waals surface area contributed by atoms with E-state index in [9.17, 15) is 13.6 Å². The molecule has 1 amide bonds. The Morgan fingerprint density at radius 1 is 0.932 bits per heavy atom. The zero-order valence-electron chi connectivity index (χ0n) is 23.2. The number of benzodiazepines with no additional fused rings is 1. The third kappa shape index (κ3) is 4.89. The van der Waals surface area contributed by atoms with E-state index in [4.69, 9.17) is 9.41 Å². The fourth-order valence-electron chi connectivity index (χ4n) is 5.47. The average molecular weight is 594 g/mol. The van der Waals surface area contributed by atoms with Crippen molar-refractivity contribution >= 4 is 23.3 Å². The summed E-state index contributed by atoms with van der Waals surface area (Å²) in [4.78, 5) is 27.0. The summed E-state index contributed by atoms with van der Waals surface area (Å²) in [6.07, 6.45) is 5.41. The normalized spacial score (nSPS) is 19.4. The van der Waals surface area contributed by atoms with Gasteiger partial charge in [-0.3, -0.25) is 9.48 Å². The number of para-hydroxylation sites is 1. The van der Waals surface area contributed by atoms with Crippen LogP contribution in [0.1, 0.15) is 54.6 Å². The van der Waals surface area contributed by atoms with Crippen LogP contribution >= 0.6 is 0 Å². The standard InChI is InChI=1S/C31H25F2N9O2/c32-31(33)12-20(13-31)42-16-22(25(41-42)19-14-34-26(35-15-19)18-10-11-18)29-39-40-30(44-29)38-27-28(43)36-23-9-5-4-8-21(23)24(37-27)17-6-2-1-3-7-17/h1-9,14-16,18,20,27H,10-13H2,(H,36,43)(H,38,40)/t27-/m1/s1. The summed E-state index contributed by atoms with van der Waals surface area (Å²) in [5, 5.41) is 18.8. The zero-order chi connectivity index (χ0) is 29.8. The molecule has 3 aliphatic rings. The van der Waals surface area contributed by atoms with E-state index >= 15 is 0 Å². The molecule has 1 atom stereocenters. The number of halogens is 2. The van der Waals surface area contributed by atoms with Crippen molar-refractivity contribution in [2.75, 3.05) is 10.6 Å². The number of carbonyl (C=O) groups is 1. The summed E-state index contributed by atoms with van der Waals surface area (Å²) in [5.41, 5.74) is 4.33. The van der Waals surface area contributed by atoms with Gasteiger partial charge in [0.2, 0.25) is 6.17 Å². The molecular weight excluding hydrogens is 568 g/mol. The predicted molar refractivity (Wildman–Crippen MR) is 156 cm³/mol. The lowest BCUT2D eigenvalue weighted by Gasteiger charge is -2.34. The monoisotopic (exact) mass is 593 g/mol. The molecule has 3 aromatic heterocycles. The van der Waals surface area contributed by atoms with Gasteiger partial charge >= 0.3 is 6.01 Å². The fourth-order valence-corrected chi connectivity index (χ4v) is 5.47. The van der Waals surface area contributed by atoms with Gasteiger partial charge in [-0.25, -0.2) is 23.7 Å². The first-order valence-electron chi connectivity index (χ1n) is 14.3. The highest BCUT2D eigenvalue weighted by molar-refractivity contribution is 6.19. The molecule has 11 nitrogen and oxygen atoms in total. The lowest BCUT2D eigenvalue weighted by atomic mass is 9.88. The minimum absolute atomic E-state index is 0.0449. The van der Waals surface area contributed by atoms with Crippen molar-refractivity contribution in [3.63, 3.8) is 0 Å². The lowest BCUT2D eigenvalue weighted by Crippen LogP contribution is -2.37. The van der Waals surface area contributed by atoms with Gasteiger partial charge in [0.25, 0.3) is 17.7 Å². The Hall–Kier alpha value is -5.33. The number of hydrogen-bond acceptors (Lipinski definition) is 9. The predicted octanol–water partition coefficient (Wildman–Crippen LogP) is 5.47. The van der Waals surface area contributed by atoms with E-state index in [1.54, 1.807) is 18.6 Å². The van der Waals surface area contributed by atoms with Gasteiger partial charge in [-0.1, -0.05) is 53.6 Å². The average Bonchev–Trinajstić information content (AvgIpc) is 3.65. The molecular formula is C31H25F2N9O2. The molecule has 0 unspecified atom stereocenters. The van der Waals surface area contributed by atoms with Gasteiger partial charge in [-0.05, 0) is 18.9 Å². The van der Waals surface area contributed by atoms with Gasteiger partial charge < -0.3 is 15.1 Å². The van der Waals surface area contributed by atoms with Crippen LogP contribution in [-0.4, -0.2) is 53.7 Å². The van der Waals surface area contributed by atoms with Crippen LogP contribution < -0.4 is 10.6 Å². The number of alkyl halides is 2. The van der Waals surface area contributed by atoms with Crippen LogP contribution in [-0.2, 0) is 4.79 Å².